The third-order valence-corrected chi connectivity index (χ3v) is 5.60. The van der Waals surface area contributed by atoms with Crippen LogP contribution in [0.2, 0.25) is 5.02 Å². The molecule has 28 heavy (non-hydrogen) atoms. The standard InChI is InChI=1S/C22H27ClN2O2S/c1-3-20(22(27)24-4-2)25(16-17-8-6-5-7-9-17)21(26)14-15-28-19-12-10-18(23)11-13-19/h5-13,20H,3-4,14-16H2,1-2H3,(H,24,27). The van der Waals surface area contributed by atoms with Crippen LogP contribution < -0.4 is 5.32 Å². The summed E-state index contributed by atoms with van der Waals surface area (Å²) in [5, 5.41) is 3.55. The summed E-state index contributed by atoms with van der Waals surface area (Å²) in [6.07, 6.45) is 0.949. The van der Waals surface area contributed by atoms with Gasteiger partial charge in [0.1, 0.15) is 6.04 Å². The molecular weight excluding hydrogens is 392 g/mol. The zero-order chi connectivity index (χ0) is 20.4. The number of likely N-dealkylation sites (N-methyl/N-ethyl adjacent to an activating group) is 1. The number of nitrogens with one attached hydrogen (secondary N) is 1. The van der Waals surface area contributed by atoms with E-state index in [4.69, 9.17) is 11.6 Å². The fraction of sp³-hybridized carbons (Fsp3) is 0.364. The molecule has 150 valence electrons. The van der Waals surface area contributed by atoms with Crippen LogP contribution in [0.5, 0.6) is 0 Å². The highest BCUT2D eigenvalue weighted by Crippen LogP contribution is 2.22. The number of carbonyl (C=O) groups is 2. The Morgan fingerprint density at radius 2 is 1.75 bits per heavy atom. The van der Waals surface area contributed by atoms with Crippen molar-refractivity contribution >= 4 is 35.2 Å². The summed E-state index contributed by atoms with van der Waals surface area (Å²) in [5.74, 6) is 0.542. The van der Waals surface area contributed by atoms with Gasteiger partial charge in [-0.3, -0.25) is 9.59 Å². The number of halogens is 1. The molecule has 4 nitrogen and oxygen atoms in total. The van der Waals surface area contributed by atoms with E-state index in [0.29, 0.717) is 36.7 Å². The van der Waals surface area contributed by atoms with Crippen LogP contribution in [0.25, 0.3) is 0 Å². The lowest BCUT2D eigenvalue weighted by atomic mass is 10.1. The van der Waals surface area contributed by atoms with E-state index in [-0.39, 0.29) is 11.8 Å². The van der Waals surface area contributed by atoms with E-state index in [9.17, 15) is 9.59 Å². The van der Waals surface area contributed by atoms with E-state index in [1.165, 1.54) is 0 Å². The van der Waals surface area contributed by atoms with Crippen molar-refractivity contribution < 1.29 is 9.59 Å². The molecule has 2 rings (SSSR count). The molecule has 1 atom stereocenters. The minimum Gasteiger partial charge on any atom is -0.355 e. The Balaban J connectivity index is 2.06. The number of thioether (sulfide) groups is 1. The van der Waals surface area contributed by atoms with Crippen LogP contribution in [0.3, 0.4) is 0 Å². The van der Waals surface area contributed by atoms with Crippen molar-refractivity contribution in [2.24, 2.45) is 0 Å². The van der Waals surface area contributed by atoms with E-state index in [1.807, 2.05) is 68.4 Å². The lowest BCUT2D eigenvalue weighted by Crippen LogP contribution is -2.49. The van der Waals surface area contributed by atoms with E-state index < -0.39 is 6.04 Å². The third-order valence-electron chi connectivity index (χ3n) is 4.33. The second-order valence-electron chi connectivity index (χ2n) is 6.38. The lowest BCUT2D eigenvalue weighted by molar-refractivity contribution is -0.141. The van der Waals surface area contributed by atoms with Crippen molar-refractivity contribution in [1.29, 1.82) is 0 Å². The summed E-state index contributed by atoms with van der Waals surface area (Å²) in [5.41, 5.74) is 1.02. The van der Waals surface area contributed by atoms with Gasteiger partial charge in [0.05, 0.1) is 0 Å². The Hall–Kier alpha value is -1.98. The van der Waals surface area contributed by atoms with Gasteiger partial charge in [-0.1, -0.05) is 48.9 Å². The molecule has 0 heterocycles. The second-order valence-corrected chi connectivity index (χ2v) is 7.98. The van der Waals surface area contributed by atoms with Crippen LogP contribution in [0.15, 0.2) is 59.5 Å². The van der Waals surface area contributed by atoms with Crippen molar-refractivity contribution in [2.45, 2.75) is 44.2 Å². The van der Waals surface area contributed by atoms with E-state index in [1.54, 1.807) is 16.7 Å². The summed E-state index contributed by atoms with van der Waals surface area (Å²) >= 11 is 7.53. The Labute approximate surface area is 176 Å². The van der Waals surface area contributed by atoms with Crippen molar-refractivity contribution in [1.82, 2.24) is 10.2 Å². The fourth-order valence-electron chi connectivity index (χ4n) is 2.92. The molecule has 0 radical (unpaired) electrons. The summed E-state index contributed by atoms with van der Waals surface area (Å²) < 4.78 is 0. The first-order valence-corrected chi connectivity index (χ1v) is 10.9. The Bertz CT molecular complexity index is 753. The molecule has 0 aliphatic heterocycles. The number of rotatable bonds is 10. The van der Waals surface area contributed by atoms with Crippen LogP contribution in [0, 0.1) is 0 Å². The van der Waals surface area contributed by atoms with Crippen LogP contribution >= 0.6 is 23.4 Å². The van der Waals surface area contributed by atoms with Crippen LogP contribution in [-0.2, 0) is 16.1 Å². The van der Waals surface area contributed by atoms with Gasteiger partial charge >= 0.3 is 0 Å². The molecule has 0 aliphatic carbocycles. The molecular formula is C22H27ClN2O2S. The summed E-state index contributed by atoms with van der Waals surface area (Å²) in [6, 6.07) is 16.9. The monoisotopic (exact) mass is 418 g/mol. The van der Waals surface area contributed by atoms with Gasteiger partial charge in [0, 0.05) is 35.2 Å². The molecule has 6 heteroatoms. The van der Waals surface area contributed by atoms with Gasteiger partial charge in [-0.15, -0.1) is 11.8 Å². The largest absolute Gasteiger partial charge is 0.355 e. The third kappa shape index (κ3) is 6.88. The van der Waals surface area contributed by atoms with Gasteiger partial charge in [0.25, 0.3) is 0 Å². The first kappa shape index (κ1) is 22.3. The van der Waals surface area contributed by atoms with Gasteiger partial charge in [0.15, 0.2) is 0 Å². The molecule has 1 N–H and O–H groups in total. The highest BCUT2D eigenvalue weighted by Gasteiger charge is 2.27. The number of nitrogens with zero attached hydrogens (tertiary/aromatic N) is 1. The zero-order valence-electron chi connectivity index (χ0n) is 16.4. The molecule has 2 aromatic carbocycles. The van der Waals surface area contributed by atoms with Crippen molar-refractivity contribution in [2.75, 3.05) is 12.3 Å². The first-order chi connectivity index (χ1) is 13.5. The van der Waals surface area contributed by atoms with E-state index >= 15 is 0 Å². The first-order valence-electron chi connectivity index (χ1n) is 9.54. The van der Waals surface area contributed by atoms with Crippen molar-refractivity contribution in [3.63, 3.8) is 0 Å². The predicted octanol–water partition coefficient (Wildman–Crippen LogP) is 4.77. The molecule has 0 bridgehead atoms. The normalized spacial score (nSPS) is 11.7. The van der Waals surface area contributed by atoms with Gasteiger partial charge in [0.2, 0.25) is 11.8 Å². The number of benzene rings is 2. The highest BCUT2D eigenvalue weighted by atomic mass is 35.5. The Kier molecular flexibility index (Phi) is 9.38. The number of hydrogen-bond acceptors (Lipinski definition) is 3. The van der Waals surface area contributed by atoms with Gasteiger partial charge in [-0.05, 0) is 43.2 Å². The molecule has 0 fully saturated rings. The summed E-state index contributed by atoms with van der Waals surface area (Å²) in [4.78, 5) is 28.3. The highest BCUT2D eigenvalue weighted by molar-refractivity contribution is 7.99. The summed E-state index contributed by atoms with van der Waals surface area (Å²) in [7, 11) is 0. The maximum absolute atomic E-state index is 13.0. The number of hydrogen-bond donors (Lipinski definition) is 1. The molecule has 0 aliphatic rings. The molecule has 1 unspecified atom stereocenters. The average Bonchev–Trinajstić information content (AvgIpc) is 2.70. The zero-order valence-corrected chi connectivity index (χ0v) is 17.9. The quantitative estimate of drug-likeness (QED) is 0.565. The average molecular weight is 419 g/mol. The van der Waals surface area contributed by atoms with Crippen LogP contribution in [0.1, 0.15) is 32.3 Å². The Morgan fingerprint density at radius 3 is 2.36 bits per heavy atom. The molecule has 0 aromatic heterocycles. The van der Waals surface area contributed by atoms with Gasteiger partial charge in [-0.2, -0.15) is 0 Å². The maximum atomic E-state index is 13.0. The molecule has 0 saturated carbocycles. The van der Waals surface area contributed by atoms with Gasteiger partial charge < -0.3 is 10.2 Å². The molecule has 2 amide bonds. The molecule has 0 spiro atoms. The lowest BCUT2D eigenvalue weighted by Gasteiger charge is -2.30. The van der Waals surface area contributed by atoms with E-state index in [0.717, 1.165) is 10.5 Å². The maximum Gasteiger partial charge on any atom is 0.242 e. The minimum absolute atomic E-state index is 0.0107. The van der Waals surface area contributed by atoms with Crippen molar-refractivity contribution in [3.8, 4) is 0 Å². The smallest absolute Gasteiger partial charge is 0.242 e. The number of carbonyl (C=O) groups excluding carboxylic acids is 2. The van der Waals surface area contributed by atoms with E-state index in [2.05, 4.69) is 5.32 Å². The fourth-order valence-corrected chi connectivity index (χ4v) is 3.89. The topological polar surface area (TPSA) is 49.4 Å². The minimum atomic E-state index is -0.465. The molecule has 2 aromatic rings. The number of amides is 2. The Morgan fingerprint density at radius 1 is 1.07 bits per heavy atom. The van der Waals surface area contributed by atoms with Crippen LogP contribution in [0.4, 0.5) is 0 Å². The van der Waals surface area contributed by atoms with Crippen LogP contribution in [-0.4, -0.2) is 35.1 Å². The second kappa shape index (κ2) is 11.8. The van der Waals surface area contributed by atoms with Crippen molar-refractivity contribution in [3.05, 3.63) is 65.2 Å². The SMILES string of the molecule is CCNC(=O)C(CC)N(Cc1ccccc1)C(=O)CCSc1ccc(Cl)cc1. The van der Waals surface area contributed by atoms with Gasteiger partial charge in [-0.25, -0.2) is 0 Å². The summed E-state index contributed by atoms with van der Waals surface area (Å²) in [6.45, 7) is 4.81. The molecule has 0 saturated heterocycles. The predicted molar refractivity (Wildman–Crippen MR) is 117 cm³/mol.